The van der Waals surface area contributed by atoms with Crippen LogP contribution in [0.2, 0.25) is 0 Å². The molecule has 0 N–H and O–H groups in total. The molecule has 3 aromatic rings. The van der Waals surface area contributed by atoms with Gasteiger partial charge in [0.15, 0.2) is 0 Å². The molecule has 0 aliphatic heterocycles. The zero-order valence-corrected chi connectivity index (χ0v) is 25.0. The van der Waals surface area contributed by atoms with Crippen molar-refractivity contribution in [1.82, 2.24) is 0 Å². The van der Waals surface area contributed by atoms with Crippen LogP contribution in [-0.4, -0.2) is 37.4 Å². The van der Waals surface area contributed by atoms with Crippen molar-refractivity contribution in [2.24, 2.45) is 0 Å². The summed E-state index contributed by atoms with van der Waals surface area (Å²) in [5, 5.41) is 0. The molecule has 0 radical (unpaired) electrons. The molecule has 42 heavy (non-hydrogen) atoms. The fourth-order valence-corrected chi connectivity index (χ4v) is 4.20. The number of esters is 3. The number of carbonyl (C=O) groups is 3. The summed E-state index contributed by atoms with van der Waals surface area (Å²) in [6.45, 7) is 14.2. The van der Waals surface area contributed by atoms with E-state index in [4.69, 9.17) is 18.9 Å². The molecule has 0 unspecified atom stereocenters. The Labute approximate surface area is 251 Å². The van der Waals surface area contributed by atoms with Crippen molar-refractivity contribution in [1.29, 1.82) is 0 Å². The minimum atomic E-state index is -0.547. The molecular formula is C34H36O7S. The van der Waals surface area contributed by atoms with Gasteiger partial charge in [0.1, 0.15) is 17.2 Å². The van der Waals surface area contributed by atoms with Gasteiger partial charge in [-0.25, -0.2) is 14.4 Å². The summed E-state index contributed by atoms with van der Waals surface area (Å²) in [6.07, 6.45) is 4.86. The van der Waals surface area contributed by atoms with E-state index in [1.807, 2.05) is 25.1 Å². The second-order valence-corrected chi connectivity index (χ2v) is 10.1. The molecule has 3 aromatic carbocycles. The lowest BCUT2D eigenvalue weighted by atomic mass is 10.2. The van der Waals surface area contributed by atoms with Gasteiger partial charge in [-0.1, -0.05) is 49.6 Å². The summed E-state index contributed by atoms with van der Waals surface area (Å²) in [5.74, 6) is 0.684. The van der Waals surface area contributed by atoms with Crippen LogP contribution in [0.1, 0.15) is 46.0 Å². The van der Waals surface area contributed by atoms with E-state index >= 15 is 0 Å². The van der Waals surface area contributed by atoms with Crippen molar-refractivity contribution in [3.05, 3.63) is 121 Å². The van der Waals surface area contributed by atoms with Crippen LogP contribution in [0.4, 0.5) is 0 Å². The van der Waals surface area contributed by atoms with Gasteiger partial charge in [-0.05, 0) is 87.0 Å². The van der Waals surface area contributed by atoms with E-state index in [0.717, 1.165) is 29.1 Å². The van der Waals surface area contributed by atoms with Gasteiger partial charge in [0, 0.05) is 10.5 Å². The first-order valence-corrected chi connectivity index (χ1v) is 14.1. The molecule has 0 atom stereocenters. The van der Waals surface area contributed by atoms with Crippen molar-refractivity contribution in [2.75, 3.05) is 19.5 Å². The standard InChI is InChI=1S/C30H30O7S.C4H6/c1-20(2)28(31)35-17-5-6-18-38-27-16-11-23(19-26(27)34-4)30(33)37-25-14-9-22(10-15-25)29(32)36-24-12-7-21(3)8-13-24;1-3-4-2/h7-16,19H,1,5-6,17-18H2,2-4H3;3-4H,1-2H2. The number of thioether (sulfide) groups is 1. The summed E-state index contributed by atoms with van der Waals surface area (Å²) in [6, 6.07) is 18.5. The van der Waals surface area contributed by atoms with Crippen molar-refractivity contribution in [3.63, 3.8) is 0 Å². The number of unbranched alkanes of at least 4 members (excludes halogenated alkanes) is 1. The van der Waals surface area contributed by atoms with Gasteiger partial charge in [0.2, 0.25) is 0 Å². The Balaban J connectivity index is 0.00000144. The first-order valence-electron chi connectivity index (χ1n) is 13.2. The number of ether oxygens (including phenoxy) is 4. The number of rotatable bonds is 13. The molecule has 0 spiro atoms. The van der Waals surface area contributed by atoms with E-state index in [1.165, 1.54) is 0 Å². The minimum Gasteiger partial charge on any atom is -0.496 e. The maximum absolute atomic E-state index is 12.7. The molecule has 8 heteroatoms. The number of carbonyl (C=O) groups excluding carboxylic acids is 3. The quantitative estimate of drug-likeness (QED) is 0.0499. The summed E-state index contributed by atoms with van der Waals surface area (Å²) in [5.41, 5.74) is 2.12. The van der Waals surface area contributed by atoms with Crippen LogP contribution in [-0.2, 0) is 9.53 Å². The zero-order valence-electron chi connectivity index (χ0n) is 24.2. The maximum atomic E-state index is 12.7. The molecule has 0 bridgehead atoms. The highest BCUT2D eigenvalue weighted by Crippen LogP contribution is 2.31. The summed E-state index contributed by atoms with van der Waals surface area (Å²) in [4.78, 5) is 37.3. The Hall–Kier alpha value is -4.56. The molecule has 3 rings (SSSR count). The Bertz CT molecular complexity index is 1370. The number of methoxy groups -OCH3 is 1. The van der Waals surface area contributed by atoms with Crippen LogP contribution in [0.25, 0.3) is 0 Å². The van der Waals surface area contributed by atoms with E-state index in [-0.39, 0.29) is 5.97 Å². The van der Waals surface area contributed by atoms with Crippen LogP contribution < -0.4 is 14.2 Å². The van der Waals surface area contributed by atoms with Crippen molar-refractivity contribution in [2.45, 2.75) is 31.6 Å². The predicted octanol–water partition coefficient (Wildman–Crippen LogP) is 7.79. The van der Waals surface area contributed by atoms with Crippen LogP contribution >= 0.6 is 11.8 Å². The van der Waals surface area contributed by atoms with Gasteiger partial charge in [-0.3, -0.25) is 0 Å². The van der Waals surface area contributed by atoms with Gasteiger partial charge in [0.25, 0.3) is 0 Å². The highest BCUT2D eigenvalue weighted by Gasteiger charge is 2.14. The fourth-order valence-electron chi connectivity index (χ4n) is 3.19. The fraction of sp³-hybridized carbons (Fsp3) is 0.206. The van der Waals surface area contributed by atoms with E-state index in [1.54, 1.807) is 86.5 Å². The zero-order chi connectivity index (χ0) is 30.9. The average Bonchev–Trinajstić information content (AvgIpc) is 3.00. The molecule has 220 valence electrons. The van der Waals surface area contributed by atoms with Crippen molar-refractivity contribution < 1.29 is 33.3 Å². The highest BCUT2D eigenvalue weighted by atomic mass is 32.2. The number of benzene rings is 3. The molecule has 0 heterocycles. The van der Waals surface area contributed by atoms with Crippen molar-refractivity contribution >= 4 is 29.7 Å². The van der Waals surface area contributed by atoms with Crippen molar-refractivity contribution in [3.8, 4) is 17.2 Å². The second-order valence-electron chi connectivity index (χ2n) is 8.93. The topological polar surface area (TPSA) is 88.1 Å². The molecule has 0 saturated carbocycles. The normalized spacial score (nSPS) is 9.88. The number of hydrogen-bond acceptors (Lipinski definition) is 8. The third kappa shape index (κ3) is 11.5. The molecule has 7 nitrogen and oxygen atoms in total. The number of allylic oxidation sites excluding steroid dienone is 2. The predicted molar refractivity (Wildman–Crippen MR) is 167 cm³/mol. The molecule has 0 aliphatic rings. The van der Waals surface area contributed by atoms with E-state index in [9.17, 15) is 14.4 Å². The highest BCUT2D eigenvalue weighted by molar-refractivity contribution is 7.99. The molecular weight excluding hydrogens is 552 g/mol. The first kappa shape index (κ1) is 33.6. The second kappa shape index (κ2) is 18.0. The largest absolute Gasteiger partial charge is 0.496 e. The number of aryl methyl sites for hydroxylation is 1. The molecule has 0 aromatic heterocycles. The SMILES string of the molecule is C=C(C)C(=O)OCCCCSc1ccc(C(=O)Oc2ccc(C(=O)Oc3ccc(C)cc3)cc2)cc1OC.C=CC=C. The lowest BCUT2D eigenvalue weighted by molar-refractivity contribution is -0.139. The van der Waals surface area contributed by atoms with Gasteiger partial charge in [0.05, 0.1) is 24.8 Å². The number of hydrogen-bond donors (Lipinski definition) is 0. The Morgan fingerprint density at radius 3 is 1.90 bits per heavy atom. The van der Waals surface area contributed by atoms with Gasteiger partial charge < -0.3 is 18.9 Å². The average molecular weight is 589 g/mol. The lowest BCUT2D eigenvalue weighted by Crippen LogP contribution is -2.10. The summed E-state index contributed by atoms with van der Waals surface area (Å²) >= 11 is 1.59. The van der Waals surface area contributed by atoms with E-state index in [0.29, 0.717) is 40.6 Å². The molecule has 0 saturated heterocycles. The minimum absolute atomic E-state index is 0.298. The molecule has 0 amide bonds. The van der Waals surface area contributed by atoms with Crippen LogP contribution in [0, 0.1) is 6.92 Å². The molecule has 0 aliphatic carbocycles. The Kier molecular flexibility index (Phi) is 14.4. The Morgan fingerprint density at radius 1 is 0.810 bits per heavy atom. The van der Waals surface area contributed by atoms with Gasteiger partial charge in [-0.15, -0.1) is 11.8 Å². The lowest BCUT2D eigenvalue weighted by Gasteiger charge is -2.11. The van der Waals surface area contributed by atoms with Gasteiger partial charge in [-0.2, -0.15) is 0 Å². The van der Waals surface area contributed by atoms with E-state index < -0.39 is 11.9 Å². The Morgan fingerprint density at radius 2 is 1.36 bits per heavy atom. The smallest absolute Gasteiger partial charge is 0.343 e. The monoisotopic (exact) mass is 588 g/mol. The summed E-state index contributed by atoms with van der Waals surface area (Å²) < 4.78 is 21.4. The van der Waals surface area contributed by atoms with Crippen LogP contribution in [0.15, 0.2) is 109 Å². The third-order valence-corrected chi connectivity index (χ3v) is 6.62. The molecule has 0 fully saturated rings. The van der Waals surface area contributed by atoms with Crippen LogP contribution in [0.3, 0.4) is 0 Å². The van der Waals surface area contributed by atoms with E-state index in [2.05, 4.69) is 19.7 Å². The summed E-state index contributed by atoms with van der Waals surface area (Å²) in [7, 11) is 1.54. The van der Waals surface area contributed by atoms with Gasteiger partial charge >= 0.3 is 17.9 Å². The maximum Gasteiger partial charge on any atom is 0.343 e. The third-order valence-electron chi connectivity index (χ3n) is 5.48. The van der Waals surface area contributed by atoms with Crippen LogP contribution in [0.5, 0.6) is 17.2 Å². The first-order chi connectivity index (χ1) is 20.2.